The van der Waals surface area contributed by atoms with Crippen molar-refractivity contribution >= 4 is 6.29 Å². The van der Waals surface area contributed by atoms with Gasteiger partial charge in [-0.1, -0.05) is 24.3 Å². The Labute approximate surface area is 68.8 Å². The first-order chi connectivity index (χ1) is 5.41. The fourth-order valence-electron chi connectivity index (χ4n) is 0.759. The van der Waals surface area contributed by atoms with Crippen LogP contribution in [0.3, 0.4) is 0 Å². The Balaban J connectivity index is 3.09. The van der Waals surface area contributed by atoms with Gasteiger partial charge in [0.1, 0.15) is 6.29 Å². The van der Waals surface area contributed by atoms with Gasteiger partial charge in [-0.15, -0.1) is 0 Å². The van der Waals surface area contributed by atoms with Crippen LogP contribution in [0.2, 0.25) is 0 Å². The van der Waals surface area contributed by atoms with E-state index in [0.29, 0.717) is 6.42 Å². The van der Waals surface area contributed by atoms with Crippen molar-refractivity contribution in [2.75, 3.05) is 0 Å². The van der Waals surface area contributed by atoms with Crippen LogP contribution < -0.4 is 0 Å². The fourth-order valence-corrected chi connectivity index (χ4v) is 0.759. The molecule has 0 bridgehead atoms. The van der Waals surface area contributed by atoms with Gasteiger partial charge < -0.3 is 4.79 Å². The van der Waals surface area contributed by atoms with Crippen molar-refractivity contribution < 1.29 is 4.79 Å². The zero-order chi connectivity index (χ0) is 8.36. The van der Waals surface area contributed by atoms with Gasteiger partial charge in [0.15, 0.2) is 0 Å². The second-order valence-electron chi connectivity index (χ2n) is 2.36. The lowest BCUT2D eigenvalue weighted by Crippen LogP contribution is -1.70. The summed E-state index contributed by atoms with van der Waals surface area (Å²) in [5, 5.41) is 0. The van der Waals surface area contributed by atoms with Crippen LogP contribution in [-0.4, -0.2) is 6.29 Å². The normalized spacial score (nSPS) is 11.4. The van der Waals surface area contributed by atoms with E-state index in [2.05, 4.69) is 24.3 Å². The minimum Gasteiger partial charge on any atom is -0.303 e. The van der Waals surface area contributed by atoms with Crippen molar-refractivity contribution in [3.05, 3.63) is 24.3 Å². The molecule has 0 unspecified atom stereocenters. The van der Waals surface area contributed by atoms with E-state index in [4.69, 9.17) is 0 Å². The van der Waals surface area contributed by atoms with E-state index >= 15 is 0 Å². The molecule has 0 fully saturated rings. The summed E-state index contributed by atoms with van der Waals surface area (Å²) < 4.78 is 0. The molecule has 0 rings (SSSR count). The maximum atomic E-state index is 9.89. The van der Waals surface area contributed by atoms with Crippen molar-refractivity contribution in [1.82, 2.24) is 0 Å². The van der Waals surface area contributed by atoms with E-state index in [1.165, 1.54) is 0 Å². The first-order valence-corrected chi connectivity index (χ1v) is 4.11. The smallest absolute Gasteiger partial charge is 0.120 e. The maximum Gasteiger partial charge on any atom is 0.120 e. The minimum atomic E-state index is 0.653. The molecule has 0 N–H and O–H groups in total. The molecule has 0 radical (unpaired) electrons. The molecule has 1 heteroatoms. The van der Waals surface area contributed by atoms with E-state index < -0.39 is 0 Å². The zero-order valence-electron chi connectivity index (χ0n) is 7.12. The summed E-state index contributed by atoms with van der Waals surface area (Å²) in [6.07, 6.45) is 13.1. The second-order valence-corrected chi connectivity index (χ2v) is 2.36. The van der Waals surface area contributed by atoms with Gasteiger partial charge in [0.05, 0.1) is 0 Å². The number of allylic oxidation sites excluding steroid dienone is 4. The number of rotatable bonds is 6. The summed E-state index contributed by atoms with van der Waals surface area (Å²) in [6, 6.07) is 0. The van der Waals surface area contributed by atoms with Crippen LogP contribution in [0.5, 0.6) is 0 Å². The summed E-state index contributed by atoms with van der Waals surface area (Å²) in [5.41, 5.74) is 0. The molecule has 0 spiro atoms. The maximum absolute atomic E-state index is 9.89. The number of hydrogen-bond acceptors (Lipinski definition) is 1. The molecule has 0 aliphatic heterocycles. The van der Waals surface area contributed by atoms with E-state index in [0.717, 1.165) is 25.5 Å². The summed E-state index contributed by atoms with van der Waals surface area (Å²) in [5.74, 6) is 0. The Bertz CT molecular complexity index is 134. The van der Waals surface area contributed by atoms with Gasteiger partial charge in [-0.2, -0.15) is 0 Å². The Morgan fingerprint density at radius 1 is 0.909 bits per heavy atom. The predicted octanol–water partition coefficient (Wildman–Crippen LogP) is 2.88. The molecule has 11 heavy (non-hydrogen) atoms. The van der Waals surface area contributed by atoms with Gasteiger partial charge in [-0.25, -0.2) is 0 Å². The van der Waals surface area contributed by atoms with Gasteiger partial charge in [-0.3, -0.25) is 0 Å². The molecule has 0 saturated heterocycles. The van der Waals surface area contributed by atoms with Crippen molar-refractivity contribution in [3.63, 3.8) is 0 Å². The van der Waals surface area contributed by atoms with E-state index in [-0.39, 0.29) is 0 Å². The summed E-state index contributed by atoms with van der Waals surface area (Å²) in [6.45, 7) is 2.02. The van der Waals surface area contributed by atoms with Gasteiger partial charge in [0, 0.05) is 6.42 Å². The molecule has 62 valence electrons. The van der Waals surface area contributed by atoms with Gasteiger partial charge in [0.2, 0.25) is 0 Å². The first-order valence-electron chi connectivity index (χ1n) is 4.11. The number of carbonyl (C=O) groups excluding carboxylic acids is 1. The van der Waals surface area contributed by atoms with Crippen LogP contribution >= 0.6 is 0 Å². The van der Waals surface area contributed by atoms with Crippen molar-refractivity contribution in [2.24, 2.45) is 0 Å². The van der Waals surface area contributed by atoms with Crippen molar-refractivity contribution in [1.29, 1.82) is 0 Å². The number of aldehydes is 1. The molecular formula is C10H16O. The molecule has 0 aromatic rings. The SMILES string of the molecule is C/C=C/CC/C=C/CCC=O. The standard InChI is InChI=1S/C10H16O/c1-2-3-4-5-6-7-8-9-10-11/h2-3,6-7,10H,4-5,8-9H2,1H3/b3-2+,7-6+. The summed E-state index contributed by atoms with van der Waals surface area (Å²) >= 11 is 0. The minimum absolute atomic E-state index is 0.653. The van der Waals surface area contributed by atoms with Gasteiger partial charge in [0.25, 0.3) is 0 Å². The highest BCUT2D eigenvalue weighted by atomic mass is 16.1. The van der Waals surface area contributed by atoms with Crippen LogP contribution in [0.1, 0.15) is 32.6 Å². The van der Waals surface area contributed by atoms with E-state index in [1.54, 1.807) is 0 Å². The third-order valence-electron chi connectivity index (χ3n) is 1.35. The summed E-state index contributed by atoms with van der Waals surface area (Å²) in [4.78, 5) is 9.89. The Morgan fingerprint density at radius 3 is 2.00 bits per heavy atom. The Morgan fingerprint density at radius 2 is 1.45 bits per heavy atom. The van der Waals surface area contributed by atoms with Crippen molar-refractivity contribution in [2.45, 2.75) is 32.6 Å². The van der Waals surface area contributed by atoms with Crippen molar-refractivity contribution in [3.8, 4) is 0 Å². The average molecular weight is 152 g/mol. The highest BCUT2D eigenvalue weighted by molar-refractivity contribution is 5.49. The van der Waals surface area contributed by atoms with Crippen LogP contribution in [0, 0.1) is 0 Å². The molecule has 1 nitrogen and oxygen atoms in total. The number of unbranched alkanes of at least 4 members (excludes halogenated alkanes) is 2. The molecule has 0 amide bonds. The Hall–Kier alpha value is -0.850. The lowest BCUT2D eigenvalue weighted by atomic mass is 10.2. The summed E-state index contributed by atoms with van der Waals surface area (Å²) in [7, 11) is 0. The predicted molar refractivity (Wildman–Crippen MR) is 48.5 cm³/mol. The number of carbonyl (C=O) groups is 1. The van der Waals surface area contributed by atoms with Crippen LogP contribution in [0.4, 0.5) is 0 Å². The fraction of sp³-hybridized carbons (Fsp3) is 0.500. The Kier molecular flexibility index (Phi) is 8.44. The van der Waals surface area contributed by atoms with E-state index in [9.17, 15) is 4.79 Å². The van der Waals surface area contributed by atoms with E-state index in [1.807, 2.05) is 6.92 Å². The lowest BCUT2D eigenvalue weighted by molar-refractivity contribution is -0.107. The highest BCUT2D eigenvalue weighted by Crippen LogP contribution is 1.95. The van der Waals surface area contributed by atoms with Gasteiger partial charge >= 0.3 is 0 Å². The average Bonchev–Trinajstić information content (AvgIpc) is 2.03. The second kappa shape index (κ2) is 9.15. The van der Waals surface area contributed by atoms with Crippen LogP contribution in [-0.2, 0) is 4.79 Å². The lowest BCUT2D eigenvalue weighted by Gasteiger charge is -1.85. The molecule has 0 heterocycles. The van der Waals surface area contributed by atoms with Gasteiger partial charge in [-0.05, 0) is 26.2 Å². The molecule has 0 aliphatic carbocycles. The molecule has 0 aromatic heterocycles. The molecule has 0 aliphatic rings. The largest absolute Gasteiger partial charge is 0.303 e. The molecular weight excluding hydrogens is 136 g/mol. The third-order valence-corrected chi connectivity index (χ3v) is 1.35. The first kappa shape index (κ1) is 10.2. The third kappa shape index (κ3) is 9.15. The zero-order valence-corrected chi connectivity index (χ0v) is 7.12. The number of hydrogen-bond donors (Lipinski definition) is 0. The highest BCUT2D eigenvalue weighted by Gasteiger charge is 1.77. The molecule has 0 aromatic carbocycles. The molecule has 0 atom stereocenters. The van der Waals surface area contributed by atoms with Crippen LogP contribution in [0.15, 0.2) is 24.3 Å². The van der Waals surface area contributed by atoms with Crippen LogP contribution in [0.25, 0.3) is 0 Å². The topological polar surface area (TPSA) is 17.1 Å². The molecule has 0 saturated carbocycles. The monoisotopic (exact) mass is 152 g/mol. The quantitative estimate of drug-likeness (QED) is 0.325.